The lowest BCUT2D eigenvalue weighted by molar-refractivity contribution is -0.0353. The zero-order chi connectivity index (χ0) is 12.4. The van der Waals surface area contributed by atoms with Gasteiger partial charge in [-0.25, -0.2) is 4.68 Å². The highest BCUT2D eigenvalue weighted by molar-refractivity contribution is 5.16. The molecule has 0 atom stereocenters. The lowest BCUT2D eigenvalue weighted by Gasteiger charge is -2.54. The van der Waals surface area contributed by atoms with E-state index in [1.807, 2.05) is 0 Å². The quantitative estimate of drug-likeness (QED) is 0.837. The summed E-state index contributed by atoms with van der Waals surface area (Å²) in [5.74, 6) is 3.88. The lowest BCUT2D eigenvalue weighted by Crippen LogP contribution is -2.46. The number of fused-ring (bicyclic) bond motifs is 1. The molecule has 4 heteroatoms. The van der Waals surface area contributed by atoms with Gasteiger partial charge in [-0.3, -0.25) is 0 Å². The van der Waals surface area contributed by atoms with Gasteiger partial charge in [-0.2, -0.15) is 0 Å². The van der Waals surface area contributed by atoms with Crippen LogP contribution < -0.4 is 5.32 Å². The van der Waals surface area contributed by atoms with E-state index in [1.54, 1.807) is 0 Å². The summed E-state index contributed by atoms with van der Waals surface area (Å²) in [6.45, 7) is 2.01. The molecule has 2 heterocycles. The van der Waals surface area contributed by atoms with Crippen molar-refractivity contribution in [2.75, 3.05) is 6.54 Å². The summed E-state index contributed by atoms with van der Waals surface area (Å²) in [7, 11) is 0. The third kappa shape index (κ3) is 1.49. The van der Waals surface area contributed by atoms with Crippen molar-refractivity contribution in [2.24, 2.45) is 23.7 Å². The van der Waals surface area contributed by atoms with Crippen molar-refractivity contribution < 1.29 is 0 Å². The van der Waals surface area contributed by atoms with Gasteiger partial charge >= 0.3 is 0 Å². The highest BCUT2D eigenvalue weighted by Gasteiger charge is 2.49. The molecule has 4 bridgehead atoms. The molecule has 4 aliphatic carbocycles. The van der Waals surface area contributed by atoms with Crippen molar-refractivity contribution in [2.45, 2.75) is 51.1 Å². The molecular weight excluding hydrogens is 236 g/mol. The Labute approximate surface area is 113 Å². The predicted molar refractivity (Wildman–Crippen MR) is 71.5 cm³/mol. The van der Waals surface area contributed by atoms with Gasteiger partial charge in [-0.15, -0.1) is 5.10 Å². The minimum absolute atomic E-state index is 0.683. The van der Waals surface area contributed by atoms with Gasteiger partial charge in [-0.1, -0.05) is 5.21 Å². The molecule has 1 aromatic heterocycles. The summed E-state index contributed by atoms with van der Waals surface area (Å²) in [5, 5.41) is 12.4. The van der Waals surface area contributed by atoms with E-state index >= 15 is 0 Å². The van der Waals surface area contributed by atoms with Gasteiger partial charge in [0.25, 0.3) is 0 Å². The molecule has 1 aromatic rings. The fraction of sp³-hybridized carbons (Fsp3) is 0.867. The second-order valence-electron chi connectivity index (χ2n) is 7.28. The molecule has 0 amide bonds. The number of nitrogens with zero attached hydrogens (tertiary/aromatic N) is 3. The van der Waals surface area contributed by atoms with Crippen LogP contribution in [0.1, 0.15) is 49.5 Å². The maximum Gasteiger partial charge on any atom is 0.0997 e. The highest BCUT2D eigenvalue weighted by Crippen LogP contribution is 2.58. The normalized spacial score (nSPS) is 43.5. The maximum atomic E-state index is 4.57. The van der Waals surface area contributed by atoms with Crippen molar-refractivity contribution in [3.63, 3.8) is 0 Å². The number of rotatable bonds is 1. The zero-order valence-electron chi connectivity index (χ0n) is 11.4. The molecule has 1 N–H and O–H groups in total. The molecular formula is C15H22N4. The molecule has 1 aliphatic heterocycles. The van der Waals surface area contributed by atoms with E-state index in [4.69, 9.17) is 0 Å². The smallest absolute Gasteiger partial charge is 0.0997 e. The Balaban J connectivity index is 1.54. The molecule has 0 unspecified atom stereocenters. The van der Waals surface area contributed by atoms with Gasteiger partial charge in [0, 0.05) is 19.5 Å². The van der Waals surface area contributed by atoms with E-state index in [0.717, 1.165) is 43.2 Å². The molecule has 0 radical (unpaired) electrons. The molecule has 5 aliphatic rings. The fourth-order valence-corrected chi connectivity index (χ4v) is 5.69. The fourth-order valence-electron chi connectivity index (χ4n) is 5.69. The number of nitrogens with one attached hydrogen (secondary N) is 1. The van der Waals surface area contributed by atoms with E-state index in [-0.39, 0.29) is 0 Å². The van der Waals surface area contributed by atoms with Crippen molar-refractivity contribution in [3.8, 4) is 0 Å². The maximum absolute atomic E-state index is 4.57. The van der Waals surface area contributed by atoms with Crippen molar-refractivity contribution in [1.82, 2.24) is 20.3 Å². The lowest BCUT2D eigenvalue weighted by atomic mass is 9.54. The largest absolute Gasteiger partial charge is 0.311 e. The first-order valence-electron chi connectivity index (χ1n) is 8.02. The molecule has 0 spiro atoms. The Morgan fingerprint density at radius 3 is 2.47 bits per heavy atom. The molecule has 6 rings (SSSR count). The monoisotopic (exact) mass is 258 g/mol. The topological polar surface area (TPSA) is 42.7 Å². The molecule has 19 heavy (non-hydrogen) atoms. The van der Waals surface area contributed by atoms with Crippen LogP contribution in [-0.4, -0.2) is 21.5 Å². The molecule has 4 fully saturated rings. The minimum atomic E-state index is 0.683. The summed E-state index contributed by atoms with van der Waals surface area (Å²) in [6.07, 6.45) is 8.49. The van der Waals surface area contributed by atoms with Crippen molar-refractivity contribution >= 4 is 0 Å². The molecule has 0 aromatic carbocycles. The summed E-state index contributed by atoms with van der Waals surface area (Å²) < 4.78 is 2.36. The first-order chi connectivity index (χ1) is 9.38. The highest BCUT2D eigenvalue weighted by atomic mass is 15.5. The summed E-state index contributed by atoms with van der Waals surface area (Å²) in [5.41, 5.74) is 2.65. The summed E-state index contributed by atoms with van der Waals surface area (Å²) in [4.78, 5) is 0. The Morgan fingerprint density at radius 2 is 1.74 bits per heavy atom. The van der Waals surface area contributed by atoms with Gasteiger partial charge in [-0.05, 0) is 55.8 Å². The van der Waals surface area contributed by atoms with Crippen molar-refractivity contribution in [1.29, 1.82) is 0 Å². The van der Waals surface area contributed by atoms with Crippen LogP contribution in [0.4, 0.5) is 0 Å². The van der Waals surface area contributed by atoms with Gasteiger partial charge in [0.1, 0.15) is 0 Å². The van der Waals surface area contributed by atoms with Crippen LogP contribution in [0.5, 0.6) is 0 Å². The minimum Gasteiger partial charge on any atom is -0.311 e. The number of hydrogen-bond donors (Lipinski definition) is 1. The van der Waals surface area contributed by atoms with E-state index in [2.05, 4.69) is 20.3 Å². The Hall–Kier alpha value is -0.900. The first-order valence-corrected chi connectivity index (χ1v) is 8.02. The van der Waals surface area contributed by atoms with Crippen LogP contribution in [0.3, 0.4) is 0 Å². The van der Waals surface area contributed by atoms with Crippen molar-refractivity contribution in [3.05, 3.63) is 11.4 Å². The van der Waals surface area contributed by atoms with E-state index in [0.29, 0.717) is 6.04 Å². The van der Waals surface area contributed by atoms with Crippen LogP contribution in [0, 0.1) is 23.7 Å². The van der Waals surface area contributed by atoms with Gasteiger partial charge in [0.05, 0.1) is 17.4 Å². The van der Waals surface area contributed by atoms with Crippen LogP contribution in [0.15, 0.2) is 0 Å². The third-order valence-corrected chi connectivity index (χ3v) is 6.16. The predicted octanol–water partition coefficient (Wildman–Crippen LogP) is 1.92. The molecule has 0 saturated heterocycles. The van der Waals surface area contributed by atoms with Crippen LogP contribution in [0.25, 0.3) is 0 Å². The molecule has 102 valence electrons. The Morgan fingerprint density at radius 1 is 1.00 bits per heavy atom. The van der Waals surface area contributed by atoms with E-state index < -0.39 is 0 Å². The second kappa shape index (κ2) is 3.81. The number of aromatic nitrogens is 3. The van der Waals surface area contributed by atoms with E-state index in [1.165, 1.54) is 43.5 Å². The van der Waals surface area contributed by atoms with Gasteiger partial charge in [0.2, 0.25) is 0 Å². The first kappa shape index (κ1) is 10.8. The average molecular weight is 258 g/mol. The summed E-state index contributed by atoms with van der Waals surface area (Å²) in [6, 6.07) is 0.683. The second-order valence-corrected chi connectivity index (χ2v) is 7.28. The third-order valence-electron chi connectivity index (χ3n) is 6.16. The molecule has 4 saturated carbocycles. The SMILES string of the molecule is C1Cc2c(nnn2C2C3CC4CC(C3)CC2C4)CN1. The zero-order valence-corrected chi connectivity index (χ0v) is 11.4. The van der Waals surface area contributed by atoms with Crippen LogP contribution in [0.2, 0.25) is 0 Å². The van der Waals surface area contributed by atoms with E-state index in [9.17, 15) is 0 Å². The molecule has 4 nitrogen and oxygen atoms in total. The Bertz CT molecular complexity index is 478. The summed E-state index contributed by atoms with van der Waals surface area (Å²) >= 11 is 0. The van der Waals surface area contributed by atoms with Gasteiger partial charge < -0.3 is 5.32 Å². The standard InChI is InChI=1S/C15H22N4/c1-2-16-8-13-14(1)19(18-17-13)15-11-4-9-3-10(6-11)7-12(15)5-9/h9-12,15-16H,1-8H2. The average Bonchev–Trinajstić information content (AvgIpc) is 2.82. The Kier molecular flexibility index (Phi) is 2.17. The number of hydrogen-bond acceptors (Lipinski definition) is 3. The van der Waals surface area contributed by atoms with Crippen LogP contribution >= 0.6 is 0 Å². The van der Waals surface area contributed by atoms with Gasteiger partial charge in [0.15, 0.2) is 0 Å². The van der Waals surface area contributed by atoms with Crippen LogP contribution in [-0.2, 0) is 13.0 Å².